The third kappa shape index (κ3) is 3.95. The van der Waals surface area contributed by atoms with E-state index in [0.717, 1.165) is 4.47 Å². The van der Waals surface area contributed by atoms with Crippen LogP contribution in [-0.2, 0) is 13.2 Å². The molecular formula is C16H16BrFO3. The maximum absolute atomic E-state index is 13.6. The third-order valence-corrected chi connectivity index (χ3v) is 3.66. The molecule has 0 spiro atoms. The van der Waals surface area contributed by atoms with Crippen LogP contribution < -0.4 is 9.47 Å². The molecule has 2 rings (SSSR count). The summed E-state index contributed by atoms with van der Waals surface area (Å²) in [5.41, 5.74) is 1.18. The number of aliphatic hydroxyl groups is 1. The van der Waals surface area contributed by atoms with E-state index in [1.807, 2.05) is 6.92 Å². The van der Waals surface area contributed by atoms with Gasteiger partial charge in [-0.2, -0.15) is 0 Å². The molecule has 0 aliphatic heterocycles. The fraction of sp³-hybridized carbons (Fsp3) is 0.250. The van der Waals surface area contributed by atoms with Crippen LogP contribution in [0.15, 0.2) is 40.9 Å². The smallest absolute Gasteiger partial charge is 0.162 e. The lowest BCUT2D eigenvalue weighted by Crippen LogP contribution is -2.02. The van der Waals surface area contributed by atoms with Crippen molar-refractivity contribution >= 4 is 15.9 Å². The molecule has 5 heteroatoms. The van der Waals surface area contributed by atoms with Crippen LogP contribution in [0.2, 0.25) is 0 Å². The largest absolute Gasteiger partial charge is 0.490 e. The summed E-state index contributed by atoms with van der Waals surface area (Å²) in [6, 6.07) is 9.90. The number of hydrogen-bond acceptors (Lipinski definition) is 3. The zero-order chi connectivity index (χ0) is 15.2. The highest BCUT2D eigenvalue weighted by Gasteiger charge is 2.11. The van der Waals surface area contributed by atoms with Crippen molar-refractivity contribution in [2.75, 3.05) is 6.61 Å². The standard InChI is InChI=1S/C16H16BrFO3/c1-2-20-15-7-12(9-19)13(17)8-16(15)21-10-11-5-3-4-6-14(11)18/h3-8,19H,2,9-10H2,1H3. The van der Waals surface area contributed by atoms with Crippen molar-refractivity contribution in [2.45, 2.75) is 20.1 Å². The normalized spacial score (nSPS) is 10.5. The zero-order valence-corrected chi connectivity index (χ0v) is 13.2. The predicted molar refractivity (Wildman–Crippen MR) is 82.0 cm³/mol. The summed E-state index contributed by atoms with van der Waals surface area (Å²) in [7, 11) is 0. The van der Waals surface area contributed by atoms with Gasteiger partial charge in [-0.05, 0) is 30.7 Å². The Morgan fingerprint density at radius 2 is 1.81 bits per heavy atom. The lowest BCUT2D eigenvalue weighted by Gasteiger charge is -2.14. The summed E-state index contributed by atoms with van der Waals surface area (Å²) < 4.78 is 25.5. The van der Waals surface area contributed by atoms with Gasteiger partial charge in [0.25, 0.3) is 0 Å². The molecule has 112 valence electrons. The molecule has 2 aromatic carbocycles. The highest BCUT2D eigenvalue weighted by atomic mass is 79.9. The minimum absolute atomic E-state index is 0.103. The van der Waals surface area contributed by atoms with E-state index in [1.54, 1.807) is 30.3 Å². The van der Waals surface area contributed by atoms with E-state index in [1.165, 1.54) is 6.07 Å². The Bertz CT molecular complexity index is 616. The molecule has 0 atom stereocenters. The molecule has 0 heterocycles. The summed E-state index contributed by atoms with van der Waals surface area (Å²) >= 11 is 3.36. The molecule has 0 amide bonds. The predicted octanol–water partition coefficient (Wildman–Crippen LogP) is 4.06. The van der Waals surface area contributed by atoms with Gasteiger partial charge in [-0.25, -0.2) is 4.39 Å². The average molecular weight is 355 g/mol. The Morgan fingerprint density at radius 1 is 1.10 bits per heavy atom. The average Bonchev–Trinajstić information content (AvgIpc) is 2.48. The summed E-state index contributed by atoms with van der Waals surface area (Å²) in [4.78, 5) is 0. The minimum atomic E-state index is -0.304. The van der Waals surface area contributed by atoms with Gasteiger partial charge in [0, 0.05) is 10.0 Å². The highest BCUT2D eigenvalue weighted by molar-refractivity contribution is 9.10. The van der Waals surface area contributed by atoms with Gasteiger partial charge in [0.2, 0.25) is 0 Å². The Kier molecular flexibility index (Phi) is 5.59. The van der Waals surface area contributed by atoms with Crippen LogP contribution in [0.1, 0.15) is 18.1 Å². The van der Waals surface area contributed by atoms with Gasteiger partial charge in [-0.15, -0.1) is 0 Å². The third-order valence-electron chi connectivity index (χ3n) is 2.92. The first-order valence-corrected chi connectivity index (χ1v) is 7.37. The zero-order valence-electron chi connectivity index (χ0n) is 11.6. The highest BCUT2D eigenvalue weighted by Crippen LogP contribution is 2.34. The van der Waals surface area contributed by atoms with Gasteiger partial charge in [-0.1, -0.05) is 34.1 Å². The van der Waals surface area contributed by atoms with E-state index in [4.69, 9.17) is 9.47 Å². The van der Waals surface area contributed by atoms with Crippen LogP contribution in [0.3, 0.4) is 0 Å². The summed E-state index contributed by atoms with van der Waals surface area (Å²) in [6.07, 6.45) is 0. The number of rotatable bonds is 6. The van der Waals surface area contributed by atoms with Crippen LogP contribution in [-0.4, -0.2) is 11.7 Å². The lowest BCUT2D eigenvalue weighted by atomic mass is 10.2. The molecule has 0 aromatic heterocycles. The molecule has 0 fully saturated rings. The van der Waals surface area contributed by atoms with Gasteiger partial charge >= 0.3 is 0 Å². The van der Waals surface area contributed by atoms with E-state index in [0.29, 0.717) is 29.2 Å². The number of halogens is 2. The maximum Gasteiger partial charge on any atom is 0.162 e. The van der Waals surface area contributed by atoms with Crippen molar-refractivity contribution in [2.24, 2.45) is 0 Å². The fourth-order valence-electron chi connectivity index (χ4n) is 1.85. The van der Waals surface area contributed by atoms with E-state index in [2.05, 4.69) is 15.9 Å². The Balaban J connectivity index is 2.22. The minimum Gasteiger partial charge on any atom is -0.490 e. The van der Waals surface area contributed by atoms with Crippen LogP contribution in [0.25, 0.3) is 0 Å². The first-order valence-electron chi connectivity index (χ1n) is 6.58. The molecule has 0 aliphatic rings. The quantitative estimate of drug-likeness (QED) is 0.850. The Labute approximate surface area is 131 Å². The van der Waals surface area contributed by atoms with Crippen molar-refractivity contribution in [1.29, 1.82) is 0 Å². The van der Waals surface area contributed by atoms with Crippen LogP contribution >= 0.6 is 15.9 Å². The molecule has 0 unspecified atom stereocenters. The second-order valence-electron chi connectivity index (χ2n) is 4.36. The molecule has 21 heavy (non-hydrogen) atoms. The molecule has 0 radical (unpaired) electrons. The Hall–Kier alpha value is -1.59. The maximum atomic E-state index is 13.6. The van der Waals surface area contributed by atoms with Crippen molar-refractivity contribution in [3.8, 4) is 11.5 Å². The first-order chi connectivity index (χ1) is 10.2. The first kappa shape index (κ1) is 15.8. The molecule has 3 nitrogen and oxygen atoms in total. The number of benzene rings is 2. The molecule has 2 aromatic rings. The van der Waals surface area contributed by atoms with Crippen LogP contribution in [0, 0.1) is 5.82 Å². The van der Waals surface area contributed by atoms with E-state index < -0.39 is 0 Å². The Morgan fingerprint density at radius 3 is 2.48 bits per heavy atom. The van der Waals surface area contributed by atoms with E-state index >= 15 is 0 Å². The SMILES string of the molecule is CCOc1cc(CO)c(Br)cc1OCc1ccccc1F. The van der Waals surface area contributed by atoms with Crippen molar-refractivity contribution in [3.05, 3.63) is 57.8 Å². The number of hydrogen-bond donors (Lipinski definition) is 1. The van der Waals surface area contributed by atoms with Gasteiger partial charge < -0.3 is 14.6 Å². The van der Waals surface area contributed by atoms with Crippen molar-refractivity contribution < 1.29 is 19.0 Å². The number of ether oxygens (including phenoxy) is 2. The molecule has 0 bridgehead atoms. The van der Waals surface area contributed by atoms with Crippen LogP contribution in [0.4, 0.5) is 4.39 Å². The van der Waals surface area contributed by atoms with Gasteiger partial charge in [0.1, 0.15) is 12.4 Å². The second-order valence-corrected chi connectivity index (χ2v) is 5.22. The summed E-state index contributed by atoms with van der Waals surface area (Å²) in [5.74, 6) is 0.728. The van der Waals surface area contributed by atoms with Gasteiger partial charge in [0.05, 0.1) is 13.2 Å². The summed E-state index contributed by atoms with van der Waals surface area (Å²) in [5, 5.41) is 9.27. The summed E-state index contributed by atoms with van der Waals surface area (Å²) in [6.45, 7) is 2.34. The molecule has 1 N–H and O–H groups in total. The van der Waals surface area contributed by atoms with Crippen LogP contribution in [0.5, 0.6) is 11.5 Å². The van der Waals surface area contributed by atoms with Gasteiger partial charge in [0.15, 0.2) is 11.5 Å². The van der Waals surface area contributed by atoms with Gasteiger partial charge in [-0.3, -0.25) is 0 Å². The topological polar surface area (TPSA) is 38.7 Å². The molecule has 0 saturated heterocycles. The monoisotopic (exact) mass is 354 g/mol. The van der Waals surface area contributed by atoms with Crippen molar-refractivity contribution in [1.82, 2.24) is 0 Å². The molecular weight excluding hydrogens is 339 g/mol. The van der Waals surface area contributed by atoms with Crippen molar-refractivity contribution in [3.63, 3.8) is 0 Å². The number of aliphatic hydroxyl groups excluding tert-OH is 1. The van der Waals surface area contributed by atoms with E-state index in [9.17, 15) is 9.50 Å². The van der Waals surface area contributed by atoms with E-state index in [-0.39, 0.29) is 19.0 Å². The second kappa shape index (κ2) is 7.43. The molecule has 0 aliphatic carbocycles. The fourth-order valence-corrected chi connectivity index (χ4v) is 2.30. The molecule has 0 saturated carbocycles. The lowest BCUT2D eigenvalue weighted by molar-refractivity contribution is 0.260.